The Labute approximate surface area is 133 Å². The van der Waals surface area contributed by atoms with E-state index in [1.165, 1.54) is 24.1 Å². The van der Waals surface area contributed by atoms with Crippen molar-refractivity contribution in [1.82, 2.24) is 4.90 Å². The summed E-state index contributed by atoms with van der Waals surface area (Å²) in [6.07, 6.45) is 3.17. The summed E-state index contributed by atoms with van der Waals surface area (Å²) < 4.78 is 5.41. The van der Waals surface area contributed by atoms with Gasteiger partial charge < -0.3 is 14.7 Å². The molecular weight excluding hydrogens is 276 g/mol. The Bertz CT molecular complexity index is 455. The van der Waals surface area contributed by atoms with E-state index in [1.54, 1.807) is 0 Å². The molecule has 2 atom stereocenters. The van der Waals surface area contributed by atoms with Gasteiger partial charge in [-0.2, -0.15) is 0 Å². The largest absolute Gasteiger partial charge is 0.393 e. The Morgan fingerprint density at radius 1 is 1.18 bits per heavy atom. The maximum atomic E-state index is 9.63. The van der Waals surface area contributed by atoms with E-state index in [0.717, 1.165) is 45.8 Å². The number of aliphatic hydroxyl groups is 1. The van der Waals surface area contributed by atoms with Gasteiger partial charge in [0.2, 0.25) is 0 Å². The summed E-state index contributed by atoms with van der Waals surface area (Å²) in [6, 6.07) is 9.52. The zero-order valence-electron chi connectivity index (χ0n) is 13.6. The standard InChI is InChI=1S/C18H28N2O2/c1-15(21)13-18-3-2-8-20(18)14-16-4-6-17(7-5-16)19-9-11-22-12-10-19/h4-7,15,18,21H,2-3,8-14H2,1H3. The van der Waals surface area contributed by atoms with Gasteiger partial charge in [0.05, 0.1) is 19.3 Å². The zero-order valence-corrected chi connectivity index (χ0v) is 13.6. The summed E-state index contributed by atoms with van der Waals surface area (Å²) in [4.78, 5) is 4.91. The molecule has 2 fully saturated rings. The van der Waals surface area contributed by atoms with Crippen LogP contribution >= 0.6 is 0 Å². The van der Waals surface area contributed by atoms with Crippen molar-refractivity contribution in [3.8, 4) is 0 Å². The average Bonchev–Trinajstić information content (AvgIpc) is 2.95. The van der Waals surface area contributed by atoms with E-state index >= 15 is 0 Å². The molecule has 2 aliphatic rings. The number of ether oxygens (including phenoxy) is 1. The SMILES string of the molecule is CC(O)CC1CCCN1Cc1ccc(N2CCOCC2)cc1. The van der Waals surface area contributed by atoms with Crippen LogP contribution in [-0.2, 0) is 11.3 Å². The van der Waals surface area contributed by atoms with Crippen LogP contribution in [0.3, 0.4) is 0 Å². The number of anilines is 1. The molecule has 0 saturated carbocycles. The predicted octanol–water partition coefficient (Wildman–Crippen LogP) is 2.26. The lowest BCUT2D eigenvalue weighted by Crippen LogP contribution is -2.36. The van der Waals surface area contributed by atoms with Crippen LogP contribution in [0, 0.1) is 0 Å². The van der Waals surface area contributed by atoms with Crippen molar-refractivity contribution >= 4 is 5.69 Å². The summed E-state index contributed by atoms with van der Waals surface area (Å²) in [7, 11) is 0. The fourth-order valence-electron chi connectivity index (χ4n) is 3.63. The van der Waals surface area contributed by atoms with Crippen molar-refractivity contribution in [2.75, 3.05) is 37.7 Å². The summed E-state index contributed by atoms with van der Waals surface area (Å²) >= 11 is 0. The van der Waals surface area contributed by atoms with Gasteiger partial charge in [-0.1, -0.05) is 12.1 Å². The van der Waals surface area contributed by atoms with Gasteiger partial charge in [-0.05, 0) is 50.4 Å². The quantitative estimate of drug-likeness (QED) is 0.905. The van der Waals surface area contributed by atoms with Gasteiger partial charge in [-0.25, -0.2) is 0 Å². The molecule has 0 amide bonds. The smallest absolute Gasteiger partial charge is 0.0642 e. The highest BCUT2D eigenvalue weighted by molar-refractivity contribution is 5.47. The molecule has 0 aromatic heterocycles. The maximum absolute atomic E-state index is 9.63. The van der Waals surface area contributed by atoms with Crippen molar-refractivity contribution in [2.24, 2.45) is 0 Å². The van der Waals surface area contributed by atoms with Gasteiger partial charge in [-0.3, -0.25) is 4.90 Å². The van der Waals surface area contributed by atoms with Crippen LogP contribution < -0.4 is 4.90 Å². The van der Waals surface area contributed by atoms with Gasteiger partial charge in [0.25, 0.3) is 0 Å². The van der Waals surface area contributed by atoms with Gasteiger partial charge >= 0.3 is 0 Å². The Morgan fingerprint density at radius 2 is 1.91 bits per heavy atom. The fraction of sp³-hybridized carbons (Fsp3) is 0.667. The third kappa shape index (κ3) is 4.00. The second kappa shape index (κ2) is 7.44. The maximum Gasteiger partial charge on any atom is 0.0642 e. The van der Waals surface area contributed by atoms with Crippen LogP contribution in [0.5, 0.6) is 0 Å². The Morgan fingerprint density at radius 3 is 2.59 bits per heavy atom. The van der Waals surface area contributed by atoms with Crippen LogP contribution in [0.1, 0.15) is 31.7 Å². The first kappa shape index (κ1) is 15.8. The molecule has 4 heteroatoms. The van der Waals surface area contributed by atoms with Gasteiger partial charge in [0, 0.05) is 31.4 Å². The molecule has 1 aromatic carbocycles. The fourth-order valence-corrected chi connectivity index (χ4v) is 3.63. The van der Waals surface area contributed by atoms with Gasteiger partial charge in [-0.15, -0.1) is 0 Å². The molecule has 2 saturated heterocycles. The Kier molecular flexibility index (Phi) is 5.34. The summed E-state index contributed by atoms with van der Waals surface area (Å²) in [5.41, 5.74) is 2.67. The first-order chi connectivity index (χ1) is 10.7. The van der Waals surface area contributed by atoms with E-state index < -0.39 is 0 Å². The van der Waals surface area contributed by atoms with E-state index in [2.05, 4.69) is 34.1 Å². The molecule has 0 radical (unpaired) electrons. The van der Waals surface area contributed by atoms with Crippen LogP contribution in [-0.4, -0.2) is 55.0 Å². The van der Waals surface area contributed by atoms with Crippen molar-refractivity contribution in [3.63, 3.8) is 0 Å². The molecule has 1 aromatic rings. The molecule has 3 rings (SSSR count). The van der Waals surface area contributed by atoms with Crippen LogP contribution in [0.25, 0.3) is 0 Å². The number of nitrogens with zero attached hydrogens (tertiary/aromatic N) is 2. The molecule has 4 nitrogen and oxygen atoms in total. The van der Waals surface area contributed by atoms with Crippen molar-refractivity contribution < 1.29 is 9.84 Å². The van der Waals surface area contributed by atoms with E-state index in [0.29, 0.717) is 6.04 Å². The third-order valence-electron chi connectivity index (χ3n) is 4.81. The normalized spacial score (nSPS) is 24.6. The number of benzene rings is 1. The molecule has 1 N–H and O–H groups in total. The van der Waals surface area contributed by atoms with Crippen LogP contribution in [0.4, 0.5) is 5.69 Å². The number of hydrogen-bond donors (Lipinski definition) is 1. The number of aliphatic hydroxyl groups excluding tert-OH is 1. The number of morpholine rings is 1. The summed E-state index contributed by atoms with van der Waals surface area (Å²) in [5.74, 6) is 0. The Balaban J connectivity index is 1.58. The van der Waals surface area contributed by atoms with E-state index in [1.807, 2.05) is 6.92 Å². The predicted molar refractivity (Wildman–Crippen MR) is 89.2 cm³/mol. The molecule has 0 bridgehead atoms. The summed E-state index contributed by atoms with van der Waals surface area (Å²) in [6.45, 7) is 7.69. The van der Waals surface area contributed by atoms with E-state index in [9.17, 15) is 5.11 Å². The summed E-state index contributed by atoms with van der Waals surface area (Å²) in [5, 5.41) is 9.63. The van der Waals surface area contributed by atoms with Crippen LogP contribution in [0.15, 0.2) is 24.3 Å². The molecular formula is C18H28N2O2. The molecule has 2 aliphatic heterocycles. The minimum Gasteiger partial charge on any atom is -0.393 e. The minimum absolute atomic E-state index is 0.200. The lowest BCUT2D eigenvalue weighted by Gasteiger charge is -2.29. The lowest BCUT2D eigenvalue weighted by molar-refractivity contribution is 0.122. The number of likely N-dealkylation sites (tertiary alicyclic amines) is 1. The lowest BCUT2D eigenvalue weighted by atomic mass is 10.1. The monoisotopic (exact) mass is 304 g/mol. The number of hydrogen-bond acceptors (Lipinski definition) is 4. The zero-order chi connectivity index (χ0) is 15.4. The molecule has 2 heterocycles. The minimum atomic E-state index is -0.200. The van der Waals surface area contributed by atoms with Crippen molar-refractivity contribution in [2.45, 2.75) is 44.9 Å². The van der Waals surface area contributed by atoms with E-state index in [-0.39, 0.29) is 6.10 Å². The van der Waals surface area contributed by atoms with Gasteiger partial charge in [0.1, 0.15) is 0 Å². The molecule has 22 heavy (non-hydrogen) atoms. The highest BCUT2D eigenvalue weighted by Gasteiger charge is 2.25. The highest BCUT2D eigenvalue weighted by atomic mass is 16.5. The first-order valence-electron chi connectivity index (χ1n) is 8.56. The Hall–Kier alpha value is -1.10. The van der Waals surface area contributed by atoms with Crippen LogP contribution in [0.2, 0.25) is 0 Å². The molecule has 0 spiro atoms. The number of rotatable bonds is 5. The average molecular weight is 304 g/mol. The molecule has 122 valence electrons. The molecule has 2 unspecified atom stereocenters. The first-order valence-corrected chi connectivity index (χ1v) is 8.56. The highest BCUT2D eigenvalue weighted by Crippen LogP contribution is 2.24. The van der Waals surface area contributed by atoms with Gasteiger partial charge in [0.15, 0.2) is 0 Å². The topological polar surface area (TPSA) is 35.9 Å². The second-order valence-corrected chi connectivity index (χ2v) is 6.62. The third-order valence-corrected chi connectivity index (χ3v) is 4.81. The molecule has 0 aliphatic carbocycles. The van der Waals surface area contributed by atoms with E-state index in [4.69, 9.17) is 4.74 Å². The second-order valence-electron chi connectivity index (χ2n) is 6.62. The van der Waals surface area contributed by atoms with Crippen molar-refractivity contribution in [3.05, 3.63) is 29.8 Å². The van der Waals surface area contributed by atoms with Crippen molar-refractivity contribution in [1.29, 1.82) is 0 Å².